The molecule has 0 unspecified atom stereocenters. The number of benzene rings is 1. The van der Waals surface area contributed by atoms with Crippen LogP contribution in [-0.4, -0.2) is 11.9 Å². The Morgan fingerprint density at radius 2 is 2.12 bits per heavy atom. The van der Waals surface area contributed by atoms with Gasteiger partial charge in [0.25, 0.3) is 0 Å². The summed E-state index contributed by atoms with van der Waals surface area (Å²) in [7, 11) is 2.11. The van der Waals surface area contributed by atoms with Gasteiger partial charge in [0.2, 0.25) is 0 Å². The van der Waals surface area contributed by atoms with Crippen LogP contribution in [0.25, 0.3) is 0 Å². The minimum Gasteiger partial charge on any atom is -0.297 e. The van der Waals surface area contributed by atoms with Crippen molar-refractivity contribution < 1.29 is 0 Å². The van der Waals surface area contributed by atoms with Crippen molar-refractivity contribution in [1.29, 1.82) is 0 Å². The SMILES string of the molecule is CN(Cc1cccs1)Cc1ccc(Br)cc1Cl. The van der Waals surface area contributed by atoms with Gasteiger partial charge in [-0.3, -0.25) is 4.90 Å². The van der Waals surface area contributed by atoms with Gasteiger partial charge in [0, 0.05) is 27.5 Å². The van der Waals surface area contributed by atoms with E-state index in [0.29, 0.717) is 0 Å². The van der Waals surface area contributed by atoms with Crippen molar-refractivity contribution in [1.82, 2.24) is 4.90 Å². The zero-order valence-electron chi connectivity index (χ0n) is 9.49. The van der Waals surface area contributed by atoms with E-state index in [2.05, 4.69) is 51.5 Å². The molecule has 0 spiro atoms. The first-order chi connectivity index (χ1) is 8.15. The van der Waals surface area contributed by atoms with Crippen molar-refractivity contribution >= 4 is 38.9 Å². The Hall–Kier alpha value is -0.350. The highest BCUT2D eigenvalue weighted by molar-refractivity contribution is 9.10. The van der Waals surface area contributed by atoms with Crippen LogP contribution in [0.3, 0.4) is 0 Å². The third-order valence-corrected chi connectivity index (χ3v) is 4.17. The van der Waals surface area contributed by atoms with Crippen molar-refractivity contribution in [3.63, 3.8) is 0 Å². The zero-order valence-corrected chi connectivity index (χ0v) is 12.6. The molecule has 0 aliphatic heterocycles. The van der Waals surface area contributed by atoms with Crippen LogP contribution in [0.5, 0.6) is 0 Å². The molecule has 17 heavy (non-hydrogen) atoms. The molecule has 1 heterocycles. The summed E-state index contributed by atoms with van der Waals surface area (Å²) in [6.07, 6.45) is 0. The normalized spacial score (nSPS) is 11.1. The Kier molecular flexibility index (Phi) is 4.62. The molecule has 0 amide bonds. The van der Waals surface area contributed by atoms with Crippen LogP contribution in [0.15, 0.2) is 40.2 Å². The molecular weight excluding hydrogens is 318 g/mol. The number of halogens is 2. The summed E-state index contributed by atoms with van der Waals surface area (Å²) in [5.41, 5.74) is 1.16. The zero-order chi connectivity index (χ0) is 12.3. The van der Waals surface area contributed by atoms with Gasteiger partial charge in [-0.2, -0.15) is 0 Å². The first-order valence-corrected chi connectivity index (χ1v) is 7.35. The number of nitrogens with zero attached hydrogens (tertiary/aromatic N) is 1. The molecule has 0 atom stereocenters. The average Bonchev–Trinajstić information content (AvgIpc) is 2.75. The van der Waals surface area contributed by atoms with Crippen molar-refractivity contribution in [2.24, 2.45) is 0 Å². The van der Waals surface area contributed by atoms with Crippen LogP contribution in [0.4, 0.5) is 0 Å². The fourth-order valence-electron chi connectivity index (χ4n) is 1.67. The van der Waals surface area contributed by atoms with Gasteiger partial charge in [-0.25, -0.2) is 0 Å². The lowest BCUT2D eigenvalue weighted by Crippen LogP contribution is -2.16. The number of thiophene rings is 1. The second-order valence-corrected chi connectivity index (χ2v) is 6.34. The predicted octanol–water partition coefficient (Wildman–Crippen LogP) is 4.80. The second kappa shape index (κ2) is 6.01. The second-order valence-electron chi connectivity index (χ2n) is 3.99. The molecule has 0 saturated carbocycles. The Morgan fingerprint density at radius 3 is 2.76 bits per heavy atom. The molecule has 0 N–H and O–H groups in total. The van der Waals surface area contributed by atoms with Crippen LogP contribution in [0, 0.1) is 0 Å². The maximum absolute atomic E-state index is 6.20. The maximum Gasteiger partial charge on any atom is 0.0462 e. The van der Waals surface area contributed by atoms with E-state index in [1.54, 1.807) is 11.3 Å². The number of hydrogen-bond donors (Lipinski definition) is 0. The molecule has 1 aromatic carbocycles. The molecule has 0 aliphatic carbocycles. The Morgan fingerprint density at radius 1 is 1.29 bits per heavy atom. The smallest absolute Gasteiger partial charge is 0.0462 e. The van der Waals surface area contributed by atoms with Crippen LogP contribution >= 0.6 is 38.9 Å². The lowest BCUT2D eigenvalue weighted by molar-refractivity contribution is 0.322. The Labute approximate surface area is 119 Å². The summed E-state index contributed by atoms with van der Waals surface area (Å²) in [6, 6.07) is 10.3. The Balaban J connectivity index is 2.00. The summed E-state index contributed by atoms with van der Waals surface area (Å²) in [4.78, 5) is 3.64. The van der Waals surface area contributed by atoms with Crippen LogP contribution in [-0.2, 0) is 13.1 Å². The molecule has 4 heteroatoms. The van der Waals surface area contributed by atoms with Crippen molar-refractivity contribution in [3.8, 4) is 0 Å². The summed E-state index contributed by atoms with van der Waals surface area (Å²) < 4.78 is 1.02. The van der Waals surface area contributed by atoms with E-state index in [0.717, 1.165) is 28.1 Å². The third kappa shape index (κ3) is 3.81. The number of rotatable bonds is 4. The van der Waals surface area contributed by atoms with Crippen molar-refractivity contribution in [2.45, 2.75) is 13.1 Å². The van der Waals surface area contributed by atoms with E-state index in [1.165, 1.54) is 4.88 Å². The van der Waals surface area contributed by atoms with Gasteiger partial charge in [-0.15, -0.1) is 11.3 Å². The molecule has 0 radical (unpaired) electrons. The van der Waals surface area contributed by atoms with Crippen molar-refractivity contribution in [3.05, 3.63) is 55.6 Å². The van der Waals surface area contributed by atoms with Gasteiger partial charge in [-0.1, -0.05) is 39.7 Å². The van der Waals surface area contributed by atoms with E-state index >= 15 is 0 Å². The van der Waals surface area contributed by atoms with Gasteiger partial charge in [0.1, 0.15) is 0 Å². The van der Waals surface area contributed by atoms with E-state index in [-0.39, 0.29) is 0 Å². The third-order valence-electron chi connectivity index (χ3n) is 2.46. The highest BCUT2D eigenvalue weighted by atomic mass is 79.9. The molecule has 2 aromatic rings. The molecule has 0 saturated heterocycles. The molecule has 1 aromatic heterocycles. The van der Waals surface area contributed by atoms with Gasteiger partial charge in [-0.05, 0) is 36.2 Å². The summed E-state index contributed by atoms with van der Waals surface area (Å²) in [6.45, 7) is 1.83. The molecule has 0 aliphatic rings. The maximum atomic E-state index is 6.20. The summed E-state index contributed by atoms with van der Waals surface area (Å²) in [5, 5.41) is 2.92. The molecule has 1 nitrogen and oxygen atoms in total. The van der Waals surface area contributed by atoms with Gasteiger partial charge in [0.05, 0.1) is 0 Å². The summed E-state index contributed by atoms with van der Waals surface area (Å²) >= 11 is 11.4. The van der Waals surface area contributed by atoms with Crippen LogP contribution < -0.4 is 0 Å². The van der Waals surface area contributed by atoms with Gasteiger partial charge < -0.3 is 0 Å². The van der Waals surface area contributed by atoms with E-state index in [4.69, 9.17) is 11.6 Å². The van der Waals surface area contributed by atoms with E-state index in [9.17, 15) is 0 Å². The lowest BCUT2D eigenvalue weighted by atomic mass is 10.2. The molecule has 0 bridgehead atoms. The molecule has 90 valence electrons. The van der Waals surface area contributed by atoms with E-state index < -0.39 is 0 Å². The van der Waals surface area contributed by atoms with Gasteiger partial charge >= 0.3 is 0 Å². The van der Waals surface area contributed by atoms with E-state index in [1.807, 2.05) is 12.1 Å². The fourth-order valence-corrected chi connectivity index (χ4v) is 3.18. The highest BCUT2D eigenvalue weighted by Gasteiger charge is 2.06. The molecular formula is C13H13BrClNS. The standard InChI is InChI=1S/C13H13BrClNS/c1-16(9-12-3-2-6-17-12)8-10-4-5-11(14)7-13(10)15/h2-7H,8-9H2,1H3. The average molecular weight is 331 g/mol. The molecule has 2 rings (SSSR count). The number of hydrogen-bond acceptors (Lipinski definition) is 2. The van der Waals surface area contributed by atoms with Crippen LogP contribution in [0.2, 0.25) is 5.02 Å². The first-order valence-electron chi connectivity index (χ1n) is 5.30. The Bertz CT molecular complexity index is 484. The highest BCUT2D eigenvalue weighted by Crippen LogP contribution is 2.23. The quantitative estimate of drug-likeness (QED) is 0.778. The fraction of sp³-hybridized carbons (Fsp3) is 0.231. The first kappa shape index (κ1) is 13.1. The topological polar surface area (TPSA) is 3.24 Å². The van der Waals surface area contributed by atoms with Gasteiger partial charge in [0.15, 0.2) is 0 Å². The largest absolute Gasteiger partial charge is 0.297 e. The predicted molar refractivity (Wildman–Crippen MR) is 78.6 cm³/mol. The monoisotopic (exact) mass is 329 g/mol. The van der Waals surface area contributed by atoms with Crippen molar-refractivity contribution in [2.75, 3.05) is 7.05 Å². The lowest BCUT2D eigenvalue weighted by Gasteiger charge is -2.16. The molecule has 0 fully saturated rings. The minimum absolute atomic E-state index is 0.817. The minimum atomic E-state index is 0.817. The van der Waals surface area contributed by atoms with Crippen LogP contribution in [0.1, 0.15) is 10.4 Å². The summed E-state index contributed by atoms with van der Waals surface area (Å²) in [5.74, 6) is 0.